The van der Waals surface area contributed by atoms with Crippen LogP contribution in [0.5, 0.6) is 0 Å². The van der Waals surface area contributed by atoms with Crippen LogP contribution < -0.4 is 0 Å². The predicted octanol–water partition coefficient (Wildman–Crippen LogP) is 8.53. The zero-order valence-electron chi connectivity index (χ0n) is 20.7. The van der Waals surface area contributed by atoms with Gasteiger partial charge in [0.1, 0.15) is 0 Å². The zero-order chi connectivity index (χ0) is 23.7. The number of allylic oxidation sites excluding steroid dienone is 4. The van der Waals surface area contributed by atoms with E-state index in [9.17, 15) is 0 Å². The van der Waals surface area contributed by atoms with Crippen LogP contribution in [0.25, 0.3) is 0 Å². The van der Waals surface area contributed by atoms with Gasteiger partial charge in [-0.3, -0.25) is 0 Å². The van der Waals surface area contributed by atoms with Crippen LogP contribution in [0.4, 0.5) is 0 Å². The highest BCUT2D eigenvalue weighted by atomic mass is 14.4. The van der Waals surface area contributed by atoms with E-state index in [-0.39, 0.29) is 0 Å². The van der Waals surface area contributed by atoms with Gasteiger partial charge in [-0.15, -0.1) is 26.3 Å². The Morgan fingerprint density at radius 1 is 0.500 bits per heavy atom. The molecule has 2 aromatic carbocycles. The SMILES string of the molecule is C=CC1CC(C=C)C(c2ccc3c(c2)CCc2ccc(C4CC(C=C)CC4C=C)cc2CC3)C1. The molecule has 0 heteroatoms. The van der Waals surface area contributed by atoms with Crippen molar-refractivity contribution in [2.75, 3.05) is 0 Å². The first-order valence-electron chi connectivity index (χ1n) is 13.4. The first-order valence-corrected chi connectivity index (χ1v) is 13.4. The minimum atomic E-state index is 0.574. The molecule has 0 saturated heterocycles. The van der Waals surface area contributed by atoms with E-state index in [0.717, 1.165) is 25.7 Å². The smallest absolute Gasteiger partial charge is 0.00932 e. The Hall–Kier alpha value is -2.60. The van der Waals surface area contributed by atoms with Crippen LogP contribution in [-0.4, -0.2) is 0 Å². The van der Waals surface area contributed by atoms with E-state index in [1.165, 1.54) is 36.8 Å². The zero-order valence-corrected chi connectivity index (χ0v) is 20.7. The maximum Gasteiger partial charge on any atom is -0.00932 e. The molecule has 6 unspecified atom stereocenters. The molecule has 2 saturated carbocycles. The Kier molecular flexibility index (Phi) is 6.77. The summed E-state index contributed by atoms with van der Waals surface area (Å²) in [6.45, 7) is 16.4. The summed E-state index contributed by atoms with van der Waals surface area (Å²) < 4.78 is 0. The predicted molar refractivity (Wildman–Crippen MR) is 146 cm³/mol. The van der Waals surface area contributed by atoms with Gasteiger partial charge in [-0.1, -0.05) is 60.7 Å². The van der Waals surface area contributed by atoms with Crippen LogP contribution in [0.15, 0.2) is 87.0 Å². The van der Waals surface area contributed by atoms with Gasteiger partial charge in [-0.2, -0.15) is 0 Å². The molecule has 5 rings (SSSR count). The van der Waals surface area contributed by atoms with E-state index < -0.39 is 0 Å². The van der Waals surface area contributed by atoms with E-state index in [1.54, 1.807) is 22.3 Å². The van der Waals surface area contributed by atoms with Crippen molar-refractivity contribution < 1.29 is 0 Å². The molecule has 3 aliphatic carbocycles. The molecule has 0 heterocycles. The lowest BCUT2D eigenvalue weighted by Gasteiger charge is -2.23. The van der Waals surface area contributed by atoms with Gasteiger partial charge in [0.15, 0.2) is 0 Å². The maximum atomic E-state index is 4.14. The van der Waals surface area contributed by atoms with Crippen LogP contribution in [0, 0.1) is 23.7 Å². The first-order chi connectivity index (χ1) is 16.6. The molecule has 0 N–H and O–H groups in total. The van der Waals surface area contributed by atoms with Gasteiger partial charge in [-0.05, 0) is 120 Å². The second-order valence-electron chi connectivity index (χ2n) is 11.0. The van der Waals surface area contributed by atoms with Crippen molar-refractivity contribution in [3.8, 4) is 0 Å². The standard InChI is InChI=1S/C34H40/c1-5-23-17-25(7-3)33(19-23)31-15-11-27-10-14-30-22-32(16-12-28(30)9-13-29(27)21-31)34-20-24(6-2)18-26(34)8-4/h5-8,11-12,15-16,21-26,33-34H,1-4,9-10,13-14,17-20H2. The Morgan fingerprint density at radius 3 is 1.29 bits per heavy atom. The van der Waals surface area contributed by atoms with Crippen molar-refractivity contribution in [2.45, 2.75) is 63.2 Å². The van der Waals surface area contributed by atoms with E-state index in [4.69, 9.17) is 0 Å². The average molecular weight is 449 g/mol. The monoisotopic (exact) mass is 448 g/mol. The van der Waals surface area contributed by atoms with Crippen molar-refractivity contribution in [2.24, 2.45) is 23.7 Å². The summed E-state index contributed by atoms with van der Waals surface area (Å²) in [7, 11) is 0. The molecule has 2 fully saturated rings. The summed E-state index contributed by atoms with van der Waals surface area (Å²) in [5.74, 6) is 3.58. The highest BCUT2D eigenvalue weighted by Gasteiger charge is 2.33. The molecule has 34 heavy (non-hydrogen) atoms. The normalized spacial score (nSPS) is 30.5. The highest BCUT2D eigenvalue weighted by molar-refractivity contribution is 5.41. The molecule has 2 aromatic rings. The van der Waals surface area contributed by atoms with E-state index in [2.05, 4.69) is 87.0 Å². The van der Waals surface area contributed by atoms with Crippen LogP contribution in [0.2, 0.25) is 0 Å². The molecular formula is C34H40. The Labute approximate surface area is 207 Å². The average Bonchev–Trinajstić information content (AvgIpc) is 3.49. The molecule has 0 bridgehead atoms. The van der Waals surface area contributed by atoms with Crippen LogP contribution in [0.3, 0.4) is 0 Å². The second-order valence-corrected chi connectivity index (χ2v) is 11.0. The quantitative estimate of drug-likeness (QED) is 0.388. The third-order valence-corrected chi connectivity index (χ3v) is 9.21. The van der Waals surface area contributed by atoms with Crippen molar-refractivity contribution in [1.29, 1.82) is 0 Å². The van der Waals surface area contributed by atoms with Gasteiger partial charge in [0.05, 0.1) is 0 Å². The lowest BCUT2D eigenvalue weighted by atomic mass is 9.82. The second kappa shape index (κ2) is 9.95. The molecule has 0 amide bonds. The Balaban J connectivity index is 1.36. The van der Waals surface area contributed by atoms with E-state index in [0.29, 0.717) is 35.5 Å². The molecule has 0 radical (unpaired) electrons. The fourth-order valence-electron chi connectivity index (χ4n) is 7.14. The summed E-state index contributed by atoms with van der Waals surface area (Å²) in [6.07, 6.45) is 18.0. The third-order valence-electron chi connectivity index (χ3n) is 9.21. The van der Waals surface area contributed by atoms with Crippen LogP contribution in [-0.2, 0) is 25.7 Å². The van der Waals surface area contributed by atoms with Gasteiger partial charge in [0.2, 0.25) is 0 Å². The maximum absolute atomic E-state index is 4.14. The lowest BCUT2D eigenvalue weighted by Crippen LogP contribution is -2.11. The topological polar surface area (TPSA) is 0 Å². The number of hydrogen-bond acceptors (Lipinski definition) is 0. The van der Waals surface area contributed by atoms with Crippen molar-refractivity contribution in [3.05, 3.63) is 120 Å². The molecule has 3 aliphatic rings. The van der Waals surface area contributed by atoms with Crippen LogP contribution in [0.1, 0.15) is 70.9 Å². The molecule has 0 nitrogen and oxygen atoms in total. The minimum absolute atomic E-state index is 0.574. The highest BCUT2D eigenvalue weighted by Crippen LogP contribution is 2.46. The number of benzene rings is 2. The van der Waals surface area contributed by atoms with Gasteiger partial charge in [0, 0.05) is 0 Å². The molecule has 176 valence electrons. The van der Waals surface area contributed by atoms with Crippen molar-refractivity contribution >= 4 is 0 Å². The Morgan fingerprint density at radius 2 is 0.912 bits per heavy atom. The summed E-state index contributed by atoms with van der Waals surface area (Å²) >= 11 is 0. The van der Waals surface area contributed by atoms with Gasteiger partial charge >= 0.3 is 0 Å². The number of fused-ring (bicyclic) bond motifs is 2. The van der Waals surface area contributed by atoms with Crippen LogP contribution >= 0.6 is 0 Å². The fourth-order valence-corrected chi connectivity index (χ4v) is 7.14. The third kappa shape index (κ3) is 4.40. The molecule has 6 atom stereocenters. The van der Waals surface area contributed by atoms with Crippen molar-refractivity contribution in [1.82, 2.24) is 0 Å². The first kappa shape index (κ1) is 23.2. The van der Waals surface area contributed by atoms with Gasteiger partial charge in [-0.25, -0.2) is 0 Å². The molecule has 0 aliphatic heterocycles. The van der Waals surface area contributed by atoms with E-state index >= 15 is 0 Å². The molecule has 0 spiro atoms. The number of aryl methyl sites for hydroxylation is 4. The largest absolute Gasteiger partial charge is 0.103 e. The van der Waals surface area contributed by atoms with Crippen molar-refractivity contribution in [3.63, 3.8) is 0 Å². The number of rotatable bonds is 6. The minimum Gasteiger partial charge on any atom is -0.103 e. The summed E-state index contributed by atoms with van der Waals surface area (Å²) in [6, 6.07) is 14.7. The van der Waals surface area contributed by atoms with E-state index in [1.807, 2.05) is 0 Å². The van der Waals surface area contributed by atoms with Gasteiger partial charge < -0.3 is 0 Å². The number of hydrogen-bond donors (Lipinski definition) is 0. The van der Waals surface area contributed by atoms with Gasteiger partial charge in [0.25, 0.3) is 0 Å². The summed E-state index contributed by atoms with van der Waals surface area (Å²) in [5.41, 5.74) is 9.24. The molecular weight excluding hydrogens is 408 g/mol. The summed E-state index contributed by atoms with van der Waals surface area (Å²) in [5, 5.41) is 0. The summed E-state index contributed by atoms with van der Waals surface area (Å²) in [4.78, 5) is 0. The fraction of sp³-hybridized carbons (Fsp3) is 0.412. The Bertz CT molecular complexity index is 998. The lowest BCUT2D eigenvalue weighted by molar-refractivity contribution is 0.589. The molecule has 0 aromatic heterocycles.